The summed E-state index contributed by atoms with van der Waals surface area (Å²) in [6.45, 7) is 0. The lowest BCUT2D eigenvalue weighted by Gasteiger charge is -2.07. The third-order valence-electron chi connectivity index (χ3n) is 1.80. The first-order chi connectivity index (χ1) is 7.25. The molecular weight excluding hydrogens is 230 g/mol. The highest BCUT2D eigenvalue weighted by Crippen LogP contribution is 2.09. The van der Waals surface area contributed by atoms with Crippen LogP contribution in [0.25, 0.3) is 0 Å². The molecule has 0 fully saturated rings. The molecule has 2 heterocycles. The zero-order chi connectivity index (χ0) is 10.7. The smallest absolute Gasteiger partial charge is 0.182 e. The predicted octanol–water partition coefficient (Wildman–Crippen LogP) is 2.78. The van der Waals surface area contributed by atoms with Crippen molar-refractivity contribution < 1.29 is 0 Å². The number of nitrogens with zero attached hydrogens (tertiary/aromatic N) is 2. The lowest BCUT2D eigenvalue weighted by atomic mass is 10.5. The molecule has 0 unspecified atom stereocenters. The molecule has 0 spiro atoms. The number of nitrogens with one attached hydrogen (secondary N) is 1. The molecule has 76 valence electrons. The third-order valence-corrected chi connectivity index (χ3v) is 2.34. The zero-order valence-electron chi connectivity index (χ0n) is 7.72. The summed E-state index contributed by atoms with van der Waals surface area (Å²) in [6, 6.07) is 7.35. The van der Waals surface area contributed by atoms with Gasteiger partial charge in [0.05, 0.1) is 5.02 Å². The van der Waals surface area contributed by atoms with Crippen LogP contribution in [0.1, 0.15) is 0 Å². The Morgan fingerprint density at radius 2 is 2.07 bits per heavy atom. The minimum atomic E-state index is 0.579. The van der Waals surface area contributed by atoms with Gasteiger partial charge in [0.1, 0.15) is 5.82 Å². The number of aromatic nitrogens is 2. The van der Waals surface area contributed by atoms with Gasteiger partial charge in [0.2, 0.25) is 0 Å². The van der Waals surface area contributed by atoms with Gasteiger partial charge in [-0.1, -0.05) is 11.6 Å². The molecule has 0 amide bonds. The van der Waals surface area contributed by atoms with Crippen molar-refractivity contribution in [2.75, 3.05) is 5.32 Å². The highest BCUT2D eigenvalue weighted by Gasteiger charge is 1.99. The lowest BCUT2D eigenvalue weighted by Crippen LogP contribution is -2.17. The summed E-state index contributed by atoms with van der Waals surface area (Å²) in [7, 11) is 0. The second-order valence-corrected chi connectivity index (χ2v) is 3.71. The summed E-state index contributed by atoms with van der Waals surface area (Å²) in [4.78, 5) is 4.08. The quantitative estimate of drug-likeness (QED) is 0.774. The molecule has 0 aromatic carbocycles. The first-order valence-corrected chi connectivity index (χ1v) is 5.10. The van der Waals surface area contributed by atoms with Crippen LogP contribution in [0.5, 0.6) is 0 Å². The molecule has 2 aromatic rings. The first kappa shape index (κ1) is 10.1. The Kier molecular flexibility index (Phi) is 2.99. The fourth-order valence-electron chi connectivity index (χ4n) is 1.09. The van der Waals surface area contributed by atoms with Gasteiger partial charge in [-0.3, -0.25) is 0 Å². The molecule has 0 atom stereocenters. The Morgan fingerprint density at radius 3 is 2.67 bits per heavy atom. The summed E-state index contributed by atoms with van der Waals surface area (Å²) in [6.07, 6.45) is 5.30. The fourth-order valence-corrected chi connectivity index (χ4v) is 1.43. The Morgan fingerprint density at radius 1 is 1.33 bits per heavy atom. The van der Waals surface area contributed by atoms with Crippen LogP contribution in [-0.2, 0) is 0 Å². The highest BCUT2D eigenvalue weighted by atomic mass is 35.5. The molecular formula is C10H8ClN3S. The van der Waals surface area contributed by atoms with Gasteiger partial charge < -0.3 is 9.88 Å². The average molecular weight is 238 g/mol. The number of hydrogen-bond acceptors (Lipinski definition) is 2. The van der Waals surface area contributed by atoms with E-state index in [1.807, 2.05) is 24.5 Å². The van der Waals surface area contributed by atoms with Crippen molar-refractivity contribution in [2.24, 2.45) is 0 Å². The van der Waals surface area contributed by atoms with Gasteiger partial charge in [-0.15, -0.1) is 0 Å². The minimum Gasteiger partial charge on any atom is -0.317 e. The molecule has 3 nitrogen and oxygen atoms in total. The van der Waals surface area contributed by atoms with Crippen molar-refractivity contribution in [2.45, 2.75) is 0 Å². The molecule has 5 heteroatoms. The van der Waals surface area contributed by atoms with E-state index in [0.717, 1.165) is 0 Å². The molecule has 0 aliphatic rings. The van der Waals surface area contributed by atoms with E-state index < -0.39 is 0 Å². The van der Waals surface area contributed by atoms with Gasteiger partial charge in [-0.05, 0) is 36.5 Å². The van der Waals surface area contributed by atoms with Gasteiger partial charge in [-0.2, -0.15) is 0 Å². The van der Waals surface area contributed by atoms with Crippen LogP contribution in [-0.4, -0.2) is 14.7 Å². The molecule has 15 heavy (non-hydrogen) atoms. The number of rotatable bonds is 1. The van der Waals surface area contributed by atoms with E-state index in [2.05, 4.69) is 10.3 Å². The topological polar surface area (TPSA) is 29.9 Å². The molecule has 2 aromatic heterocycles. The molecule has 0 aliphatic heterocycles. The predicted molar refractivity (Wildman–Crippen MR) is 65.3 cm³/mol. The normalized spacial score (nSPS) is 9.93. The minimum absolute atomic E-state index is 0.579. The number of halogens is 1. The van der Waals surface area contributed by atoms with Gasteiger partial charge in [0.15, 0.2) is 5.11 Å². The van der Waals surface area contributed by atoms with Crippen molar-refractivity contribution in [1.29, 1.82) is 0 Å². The first-order valence-electron chi connectivity index (χ1n) is 4.31. The zero-order valence-corrected chi connectivity index (χ0v) is 9.29. The third kappa shape index (κ3) is 2.55. The van der Waals surface area contributed by atoms with Gasteiger partial charge in [-0.25, -0.2) is 4.98 Å². The van der Waals surface area contributed by atoms with Gasteiger partial charge in [0, 0.05) is 18.6 Å². The molecule has 0 saturated carbocycles. The second-order valence-electron chi connectivity index (χ2n) is 2.88. The summed E-state index contributed by atoms with van der Waals surface area (Å²) in [5, 5.41) is 4.18. The van der Waals surface area contributed by atoms with E-state index >= 15 is 0 Å². The SMILES string of the molecule is S=C(Nc1ccc(Cl)cn1)n1cccc1. The monoisotopic (exact) mass is 237 g/mol. The second kappa shape index (κ2) is 4.42. The maximum Gasteiger partial charge on any atom is 0.182 e. The summed E-state index contributed by atoms with van der Waals surface area (Å²) < 4.78 is 1.80. The Hall–Kier alpha value is -1.39. The van der Waals surface area contributed by atoms with E-state index in [0.29, 0.717) is 16.0 Å². The van der Waals surface area contributed by atoms with Crippen LogP contribution in [0.15, 0.2) is 42.9 Å². The van der Waals surface area contributed by atoms with Crippen LogP contribution in [0.4, 0.5) is 5.82 Å². The van der Waals surface area contributed by atoms with E-state index in [1.165, 1.54) is 0 Å². The highest BCUT2D eigenvalue weighted by molar-refractivity contribution is 7.80. The molecule has 2 rings (SSSR count). The fraction of sp³-hybridized carbons (Fsp3) is 0. The van der Waals surface area contributed by atoms with Crippen molar-refractivity contribution in [3.8, 4) is 0 Å². The summed E-state index contributed by atoms with van der Waals surface area (Å²) in [5.41, 5.74) is 0. The van der Waals surface area contributed by atoms with E-state index in [-0.39, 0.29) is 0 Å². The van der Waals surface area contributed by atoms with E-state index in [4.69, 9.17) is 23.8 Å². The maximum atomic E-state index is 5.72. The Balaban J connectivity index is 2.09. The molecule has 1 N–H and O–H groups in total. The van der Waals surface area contributed by atoms with Crippen LogP contribution in [0.2, 0.25) is 5.02 Å². The van der Waals surface area contributed by atoms with Crippen LogP contribution in [0.3, 0.4) is 0 Å². The van der Waals surface area contributed by atoms with Crippen molar-refractivity contribution >= 4 is 34.7 Å². The largest absolute Gasteiger partial charge is 0.317 e. The number of pyridine rings is 1. The van der Waals surface area contributed by atoms with E-state index in [1.54, 1.807) is 22.9 Å². The number of thiocarbonyl (C=S) groups is 1. The summed E-state index contributed by atoms with van der Waals surface area (Å²) in [5.74, 6) is 0.679. The van der Waals surface area contributed by atoms with Crippen LogP contribution in [0, 0.1) is 0 Å². The van der Waals surface area contributed by atoms with Crippen molar-refractivity contribution in [3.05, 3.63) is 47.9 Å². The molecule has 0 saturated heterocycles. The number of anilines is 1. The van der Waals surface area contributed by atoms with Crippen LogP contribution >= 0.6 is 23.8 Å². The number of hydrogen-bond donors (Lipinski definition) is 1. The van der Waals surface area contributed by atoms with Crippen molar-refractivity contribution in [1.82, 2.24) is 9.55 Å². The van der Waals surface area contributed by atoms with E-state index in [9.17, 15) is 0 Å². The standard InChI is InChI=1S/C10H8ClN3S/c11-8-3-4-9(12-7-8)13-10(15)14-5-1-2-6-14/h1-7H,(H,12,13,15). The maximum absolute atomic E-state index is 5.72. The van der Waals surface area contributed by atoms with Gasteiger partial charge in [0.25, 0.3) is 0 Å². The van der Waals surface area contributed by atoms with Crippen LogP contribution < -0.4 is 5.32 Å². The average Bonchev–Trinajstić information content (AvgIpc) is 2.74. The Labute approximate surface area is 97.7 Å². The molecule has 0 radical (unpaired) electrons. The van der Waals surface area contributed by atoms with Gasteiger partial charge >= 0.3 is 0 Å². The lowest BCUT2D eigenvalue weighted by molar-refractivity contribution is 1.17. The summed E-state index contributed by atoms with van der Waals surface area (Å²) >= 11 is 10.9. The molecule has 0 aliphatic carbocycles. The molecule has 0 bridgehead atoms. The van der Waals surface area contributed by atoms with Crippen molar-refractivity contribution in [3.63, 3.8) is 0 Å². The Bertz CT molecular complexity index is 450.